The van der Waals surface area contributed by atoms with Crippen molar-refractivity contribution in [1.29, 1.82) is 0 Å². The highest BCUT2D eigenvalue weighted by molar-refractivity contribution is 6.33. The third-order valence-electron chi connectivity index (χ3n) is 1.22. The largest absolute Gasteiger partial charge is 0.462 e. The third kappa shape index (κ3) is 0.898. The molecule has 0 saturated heterocycles. The first-order valence-electron chi connectivity index (χ1n) is 2.54. The van der Waals surface area contributed by atoms with Crippen LogP contribution >= 0.6 is 0 Å². The molecule has 1 aromatic rings. The number of rotatable bonds is 1. The molecule has 0 bridgehead atoms. The van der Waals surface area contributed by atoms with Crippen LogP contribution in [0.2, 0.25) is 0 Å². The Balaban J connectivity index is 3.18. The highest BCUT2D eigenvalue weighted by Gasteiger charge is 2.01. The lowest BCUT2D eigenvalue weighted by molar-refractivity contribution is 0.110. The molecule has 0 unspecified atom stereocenters. The van der Waals surface area contributed by atoms with Gasteiger partial charge in [0, 0.05) is 0 Å². The van der Waals surface area contributed by atoms with Crippen LogP contribution in [0.1, 0.15) is 16.1 Å². The lowest BCUT2D eigenvalue weighted by atomic mass is 9.95. The molecule has 3 heteroatoms. The molecule has 2 nitrogen and oxygen atoms in total. The molecule has 1 rings (SSSR count). The summed E-state index contributed by atoms with van der Waals surface area (Å²) >= 11 is 0. The number of aldehydes is 1. The Morgan fingerprint density at radius 3 is 2.67 bits per heavy atom. The Kier molecular flexibility index (Phi) is 1.43. The summed E-state index contributed by atoms with van der Waals surface area (Å²) in [6.07, 6.45) is 2.00. The maximum atomic E-state index is 10.1. The minimum absolute atomic E-state index is 0.313. The molecule has 0 atom stereocenters. The summed E-state index contributed by atoms with van der Waals surface area (Å²) in [6.45, 7) is 1.74. The minimum Gasteiger partial charge on any atom is -0.462 e. The van der Waals surface area contributed by atoms with Crippen molar-refractivity contribution >= 4 is 19.6 Å². The summed E-state index contributed by atoms with van der Waals surface area (Å²) in [4.78, 5) is 10.1. The lowest BCUT2D eigenvalue weighted by Crippen LogP contribution is -2.01. The quantitative estimate of drug-likeness (QED) is 0.391. The van der Waals surface area contributed by atoms with E-state index in [1.54, 1.807) is 6.92 Å². The highest BCUT2D eigenvalue weighted by atomic mass is 16.3. The normalized spacial score (nSPS) is 9.44. The van der Waals surface area contributed by atoms with Crippen LogP contribution in [0.25, 0.3) is 0 Å². The Bertz CT molecular complexity index is 227. The van der Waals surface area contributed by atoms with Crippen LogP contribution in [0, 0.1) is 6.92 Å². The van der Waals surface area contributed by atoms with Gasteiger partial charge in [-0.25, -0.2) is 0 Å². The van der Waals surface area contributed by atoms with Crippen LogP contribution in [0.15, 0.2) is 10.7 Å². The fourth-order valence-corrected chi connectivity index (χ4v) is 0.562. The van der Waals surface area contributed by atoms with Crippen LogP contribution in [0.4, 0.5) is 0 Å². The number of furan rings is 1. The molecule has 0 spiro atoms. The Morgan fingerprint density at radius 2 is 2.44 bits per heavy atom. The van der Waals surface area contributed by atoms with Crippen LogP contribution in [0.3, 0.4) is 0 Å². The molecule has 9 heavy (non-hydrogen) atoms. The number of hydrogen-bond acceptors (Lipinski definition) is 2. The summed E-state index contributed by atoms with van der Waals surface area (Å²) in [5.41, 5.74) is 1.24. The standard InChI is InChI=1S/C6H5BO2/c1-4-5(7)3-9-6(4)2-8/h2-3H,1H3. The van der Waals surface area contributed by atoms with Gasteiger partial charge < -0.3 is 4.42 Å². The monoisotopic (exact) mass is 120 g/mol. The lowest BCUT2D eigenvalue weighted by Gasteiger charge is -1.83. The predicted octanol–water partition coefficient (Wildman–Crippen LogP) is 0.194. The Hall–Kier alpha value is -0.985. The zero-order chi connectivity index (χ0) is 6.85. The molecule has 0 aliphatic rings. The highest BCUT2D eigenvalue weighted by Crippen LogP contribution is 2.00. The fraction of sp³-hybridized carbons (Fsp3) is 0.167. The van der Waals surface area contributed by atoms with Gasteiger partial charge in [-0.15, -0.1) is 0 Å². The van der Waals surface area contributed by atoms with Crippen molar-refractivity contribution < 1.29 is 9.21 Å². The molecule has 0 aliphatic carbocycles. The average molecular weight is 120 g/mol. The first-order chi connectivity index (χ1) is 4.25. The van der Waals surface area contributed by atoms with Crippen molar-refractivity contribution in [2.45, 2.75) is 6.92 Å². The topological polar surface area (TPSA) is 30.2 Å². The van der Waals surface area contributed by atoms with Crippen LogP contribution in [-0.4, -0.2) is 14.1 Å². The minimum atomic E-state index is 0.313. The van der Waals surface area contributed by atoms with Gasteiger partial charge in [0.25, 0.3) is 0 Å². The molecular weight excluding hydrogens is 115 g/mol. The second-order valence-electron chi connectivity index (χ2n) is 1.80. The summed E-state index contributed by atoms with van der Waals surface area (Å²) in [6, 6.07) is 0. The SMILES string of the molecule is [B]c1coc(C=O)c1C. The van der Waals surface area contributed by atoms with E-state index in [4.69, 9.17) is 12.3 Å². The Morgan fingerprint density at radius 1 is 1.78 bits per heavy atom. The van der Waals surface area contributed by atoms with E-state index in [0.29, 0.717) is 23.1 Å². The van der Waals surface area contributed by atoms with Gasteiger partial charge >= 0.3 is 0 Å². The summed E-state index contributed by atoms with van der Waals surface area (Å²) in [5, 5.41) is 0. The van der Waals surface area contributed by atoms with Gasteiger partial charge in [-0.1, -0.05) is 5.46 Å². The number of carbonyl (C=O) groups excluding carboxylic acids is 1. The van der Waals surface area contributed by atoms with Gasteiger partial charge in [-0.05, 0) is 12.5 Å². The van der Waals surface area contributed by atoms with Crippen molar-refractivity contribution in [3.05, 3.63) is 17.6 Å². The second-order valence-corrected chi connectivity index (χ2v) is 1.80. The molecule has 0 saturated carbocycles. The molecule has 0 N–H and O–H groups in total. The van der Waals surface area contributed by atoms with Crippen molar-refractivity contribution in [2.24, 2.45) is 0 Å². The third-order valence-corrected chi connectivity index (χ3v) is 1.22. The van der Waals surface area contributed by atoms with Gasteiger partial charge in [0.1, 0.15) is 7.85 Å². The molecule has 0 aliphatic heterocycles. The van der Waals surface area contributed by atoms with Gasteiger partial charge in [0.2, 0.25) is 0 Å². The number of carbonyl (C=O) groups is 1. The zero-order valence-corrected chi connectivity index (χ0v) is 5.05. The molecule has 1 aromatic heterocycles. The van der Waals surface area contributed by atoms with E-state index >= 15 is 0 Å². The fourth-order valence-electron chi connectivity index (χ4n) is 0.562. The molecule has 44 valence electrons. The Labute approximate surface area is 54.3 Å². The van der Waals surface area contributed by atoms with E-state index in [9.17, 15) is 4.79 Å². The van der Waals surface area contributed by atoms with Crippen LogP contribution in [0.5, 0.6) is 0 Å². The van der Waals surface area contributed by atoms with E-state index in [1.165, 1.54) is 6.26 Å². The average Bonchev–Trinajstić information content (AvgIpc) is 2.15. The van der Waals surface area contributed by atoms with Gasteiger partial charge in [0.15, 0.2) is 12.0 Å². The van der Waals surface area contributed by atoms with E-state index in [0.717, 1.165) is 0 Å². The summed E-state index contributed by atoms with van der Waals surface area (Å²) < 4.78 is 4.75. The van der Waals surface area contributed by atoms with E-state index in [2.05, 4.69) is 0 Å². The van der Waals surface area contributed by atoms with Gasteiger partial charge in [0.05, 0.1) is 6.26 Å². The maximum absolute atomic E-state index is 10.1. The molecule has 0 aromatic carbocycles. The number of hydrogen-bond donors (Lipinski definition) is 0. The summed E-state index contributed by atoms with van der Waals surface area (Å²) in [7, 11) is 5.36. The molecule has 1 heterocycles. The smallest absolute Gasteiger partial charge is 0.185 e. The predicted molar refractivity (Wildman–Crippen MR) is 34.2 cm³/mol. The van der Waals surface area contributed by atoms with Gasteiger partial charge in [-0.3, -0.25) is 4.79 Å². The first kappa shape index (κ1) is 6.14. The van der Waals surface area contributed by atoms with E-state index < -0.39 is 0 Å². The van der Waals surface area contributed by atoms with Crippen molar-refractivity contribution in [3.63, 3.8) is 0 Å². The van der Waals surface area contributed by atoms with Gasteiger partial charge in [-0.2, -0.15) is 0 Å². The van der Waals surface area contributed by atoms with Crippen molar-refractivity contribution in [2.75, 3.05) is 0 Å². The van der Waals surface area contributed by atoms with Crippen LogP contribution in [-0.2, 0) is 0 Å². The van der Waals surface area contributed by atoms with E-state index in [1.807, 2.05) is 0 Å². The molecule has 0 amide bonds. The summed E-state index contributed by atoms with van der Waals surface area (Å²) in [5.74, 6) is 0.313. The van der Waals surface area contributed by atoms with Crippen molar-refractivity contribution in [3.8, 4) is 0 Å². The van der Waals surface area contributed by atoms with Crippen LogP contribution < -0.4 is 5.46 Å². The second kappa shape index (κ2) is 2.09. The van der Waals surface area contributed by atoms with E-state index in [-0.39, 0.29) is 0 Å². The zero-order valence-electron chi connectivity index (χ0n) is 5.05. The first-order valence-corrected chi connectivity index (χ1v) is 2.54. The molecular formula is C6H5BO2. The maximum Gasteiger partial charge on any atom is 0.185 e. The molecule has 0 fully saturated rings. The molecule has 2 radical (unpaired) electrons. The van der Waals surface area contributed by atoms with Crippen molar-refractivity contribution in [1.82, 2.24) is 0 Å².